The summed E-state index contributed by atoms with van der Waals surface area (Å²) in [6.07, 6.45) is 3.70. The molecule has 1 aromatic heterocycles. The average molecular weight is 253 g/mol. The maximum absolute atomic E-state index is 12.0. The van der Waals surface area contributed by atoms with E-state index < -0.39 is 0 Å². The molecule has 1 N–H and O–H groups in total. The summed E-state index contributed by atoms with van der Waals surface area (Å²) in [5, 5.41) is 3.78. The van der Waals surface area contributed by atoms with Crippen molar-refractivity contribution in [3.8, 4) is 0 Å². The number of amides is 1. The summed E-state index contributed by atoms with van der Waals surface area (Å²) < 4.78 is 4.15. The van der Waals surface area contributed by atoms with Crippen molar-refractivity contribution >= 4 is 22.4 Å². The molecule has 0 saturated carbocycles. The van der Waals surface area contributed by atoms with Gasteiger partial charge in [-0.2, -0.15) is 4.37 Å². The van der Waals surface area contributed by atoms with Crippen LogP contribution in [0.25, 0.3) is 0 Å². The number of hydrogen-bond acceptors (Lipinski definition) is 4. The summed E-state index contributed by atoms with van der Waals surface area (Å²) in [6.45, 7) is 5.99. The lowest BCUT2D eigenvalue weighted by Gasteiger charge is -2.31. The molecule has 1 saturated heterocycles. The van der Waals surface area contributed by atoms with E-state index in [4.69, 9.17) is 0 Å². The van der Waals surface area contributed by atoms with Crippen molar-refractivity contribution < 1.29 is 4.79 Å². The standard InChI is InChI=1S/C12H19N3OS/c1-9-8-11(17-14-9)13-12(16)10(2)15-6-4-3-5-7-15/h8,10H,3-7H2,1-2H3,(H,13,16). The molecule has 1 aromatic rings. The number of aromatic nitrogens is 1. The molecule has 1 amide bonds. The second-order valence-electron chi connectivity index (χ2n) is 4.59. The summed E-state index contributed by atoms with van der Waals surface area (Å²) >= 11 is 1.34. The number of aryl methyl sites for hydroxylation is 1. The van der Waals surface area contributed by atoms with E-state index in [1.165, 1.54) is 30.8 Å². The van der Waals surface area contributed by atoms with Gasteiger partial charge in [-0.15, -0.1) is 0 Å². The highest BCUT2D eigenvalue weighted by Crippen LogP contribution is 2.17. The number of carbonyl (C=O) groups excluding carboxylic acids is 1. The van der Waals surface area contributed by atoms with E-state index in [-0.39, 0.29) is 11.9 Å². The SMILES string of the molecule is Cc1cc(NC(=O)C(C)N2CCCCC2)sn1. The van der Waals surface area contributed by atoms with Crippen LogP contribution in [-0.4, -0.2) is 34.3 Å². The zero-order valence-electron chi connectivity index (χ0n) is 10.4. The number of anilines is 1. The van der Waals surface area contributed by atoms with Crippen molar-refractivity contribution in [1.82, 2.24) is 9.27 Å². The molecule has 2 heterocycles. The van der Waals surface area contributed by atoms with Gasteiger partial charge in [-0.3, -0.25) is 9.69 Å². The Balaban J connectivity index is 1.90. The molecular formula is C12H19N3OS. The second kappa shape index (κ2) is 5.60. The van der Waals surface area contributed by atoms with Gasteiger partial charge in [0.05, 0.1) is 11.7 Å². The largest absolute Gasteiger partial charge is 0.315 e. The van der Waals surface area contributed by atoms with Gasteiger partial charge in [0.2, 0.25) is 5.91 Å². The number of hydrogen-bond donors (Lipinski definition) is 1. The first-order valence-electron chi connectivity index (χ1n) is 6.15. The number of carbonyl (C=O) groups is 1. The van der Waals surface area contributed by atoms with Crippen LogP contribution in [0, 0.1) is 6.92 Å². The van der Waals surface area contributed by atoms with Gasteiger partial charge in [0, 0.05) is 0 Å². The van der Waals surface area contributed by atoms with Gasteiger partial charge in [-0.25, -0.2) is 0 Å². The number of rotatable bonds is 3. The van der Waals surface area contributed by atoms with Crippen LogP contribution in [0.1, 0.15) is 31.9 Å². The summed E-state index contributed by atoms with van der Waals surface area (Å²) in [4.78, 5) is 14.3. The fraction of sp³-hybridized carbons (Fsp3) is 0.667. The topological polar surface area (TPSA) is 45.2 Å². The zero-order chi connectivity index (χ0) is 12.3. The Hall–Kier alpha value is -0.940. The first kappa shape index (κ1) is 12.5. The molecule has 0 radical (unpaired) electrons. The highest BCUT2D eigenvalue weighted by Gasteiger charge is 2.23. The smallest absolute Gasteiger partial charge is 0.242 e. The van der Waals surface area contributed by atoms with Crippen molar-refractivity contribution in [3.63, 3.8) is 0 Å². The van der Waals surface area contributed by atoms with Gasteiger partial charge in [-0.05, 0) is 57.4 Å². The Kier molecular flexibility index (Phi) is 4.12. The fourth-order valence-corrected chi connectivity index (χ4v) is 2.78. The van der Waals surface area contributed by atoms with E-state index in [9.17, 15) is 4.79 Å². The van der Waals surface area contributed by atoms with Crippen LogP contribution >= 0.6 is 11.5 Å². The van der Waals surface area contributed by atoms with Gasteiger partial charge in [-0.1, -0.05) is 6.42 Å². The molecule has 1 aliphatic rings. The third kappa shape index (κ3) is 3.26. The van der Waals surface area contributed by atoms with Crippen LogP contribution in [-0.2, 0) is 4.79 Å². The number of nitrogens with one attached hydrogen (secondary N) is 1. The number of likely N-dealkylation sites (tertiary alicyclic amines) is 1. The van der Waals surface area contributed by atoms with Gasteiger partial charge in [0.25, 0.3) is 0 Å². The Morgan fingerprint density at radius 1 is 1.47 bits per heavy atom. The van der Waals surface area contributed by atoms with E-state index in [2.05, 4.69) is 14.6 Å². The van der Waals surface area contributed by atoms with Crippen LogP contribution in [0.2, 0.25) is 0 Å². The molecule has 0 bridgehead atoms. The normalized spacial score (nSPS) is 18.9. The molecule has 17 heavy (non-hydrogen) atoms. The Morgan fingerprint density at radius 3 is 2.76 bits per heavy atom. The van der Waals surface area contributed by atoms with Crippen molar-refractivity contribution in [3.05, 3.63) is 11.8 Å². The Morgan fingerprint density at radius 2 is 2.18 bits per heavy atom. The van der Waals surface area contributed by atoms with Crippen LogP contribution in [0.3, 0.4) is 0 Å². The molecule has 4 nitrogen and oxygen atoms in total. The zero-order valence-corrected chi connectivity index (χ0v) is 11.2. The highest BCUT2D eigenvalue weighted by atomic mass is 32.1. The second-order valence-corrected chi connectivity index (χ2v) is 5.40. The molecule has 1 atom stereocenters. The summed E-state index contributed by atoms with van der Waals surface area (Å²) in [5.41, 5.74) is 0.955. The predicted molar refractivity (Wildman–Crippen MR) is 70.4 cm³/mol. The van der Waals surface area contributed by atoms with Crippen LogP contribution in [0.15, 0.2) is 6.07 Å². The summed E-state index contributed by atoms with van der Waals surface area (Å²) in [6, 6.07) is 1.86. The maximum atomic E-state index is 12.0. The molecule has 94 valence electrons. The lowest BCUT2D eigenvalue weighted by atomic mass is 10.1. The molecule has 1 aliphatic heterocycles. The lowest BCUT2D eigenvalue weighted by molar-refractivity contribution is -0.121. The van der Waals surface area contributed by atoms with Crippen LogP contribution in [0.4, 0.5) is 5.00 Å². The molecule has 5 heteroatoms. The van der Waals surface area contributed by atoms with E-state index in [1.54, 1.807) is 0 Å². The predicted octanol–water partition coefficient (Wildman–Crippen LogP) is 2.26. The van der Waals surface area contributed by atoms with Gasteiger partial charge in [0.15, 0.2) is 0 Å². The van der Waals surface area contributed by atoms with E-state index >= 15 is 0 Å². The Labute approximate surface area is 106 Å². The first-order valence-corrected chi connectivity index (χ1v) is 6.92. The van der Waals surface area contributed by atoms with Gasteiger partial charge >= 0.3 is 0 Å². The number of nitrogens with zero attached hydrogens (tertiary/aromatic N) is 2. The molecule has 1 unspecified atom stereocenters. The molecule has 1 fully saturated rings. The van der Waals surface area contributed by atoms with Crippen molar-refractivity contribution in [2.24, 2.45) is 0 Å². The average Bonchev–Trinajstić information content (AvgIpc) is 2.75. The maximum Gasteiger partial charge on any atom is 0.242 e. The summed E-state index contributed by atoms with van der Waals surface area (Å²) in [5.74, 6) is 0.0792. The number of piperidine rings is 1. The minimum absolute atomic E-state index is 0.0438. The van der Waals surface area contributed by atoms with Crippen LogP contribution in [0.5, 0.6) is 0 Å². The molecule has 2 rings (SSSR count). The van der Waals surface area contributed by atoms with Crippen molar-refractivity contribution in [2.45, 2.75) is 39.2 Å². The van der Waals surface area contributed by atoms with Gasteiger partial charge < -0.3 is 5.32 Å². The minimum Gasteiger partial charge on any atom is -0.315 e. The lowest BCUT2D eigenvalue weighted by Crippen LogP contribution is -2.44. The quantitative estimate of drug-likeness (QED) is 0.898. The van der Waals surface area contributed by atoms with E-state index in [0.717, 1.165) is 23.8 Å². The molecular weight excluding hydrogens is 234 g/mol. The third-order valence-corrected chi connectivity index (χ3v) is 3.99. The molecule has 0 aliphatic carbocycles. The third-order valence-electron chi connectivity index (χ3n) is 3.19. The first-order chi connectivity index (χ1) is 8.16. The summed E-state index contributed by atoms with van der Waals surface area (Å²) in [7, 11) is 0. The Bertz CT molecular complexity index is 385. The molecule has 0 aromatic carbocycles. The monoisotopic (exact) mass is 253 g/mol. The van der Waals surface area contributed by atoms with Crippen LogP contribution < -0.4 is 5.32 Å². The van der Waals surface area contributed by atoms with Crippen molar-refractivity contribution in [2.75, 3.05) is 18.4 Å². The van der Waals surface area contributed by atoms with E-state index in [0.29, 0.717) is 0 Å². The van der Waals surface area contributed by atoms with Crippen molar-refractivity contribution in [1.29, 1.82) is 0 Å². The van der Waals surface area contributed by atoms with Gasteiger partial charge in [0.1, 0.15) is 5.00 Å². The molecule has 0 spiro atoms. The highest BCUT2D eigenvalue weighted by molar-refractivity contribution is 7.10. The van der Waals surface area contributed by atoms with E-state index in [1.807, 2.05) is 19.9 Å². The minimum atomic E-state index is -0.0438. The fourth-order valence-electron chi connectivity index (χ4n) is 2.12.